The summed E-state index contributed by atoms with van der Waals surface area (Å²) < 4.78 is 0. The summed E-state index contributed by atoms with van der Waals surface area (Å²) >= 11 is 1.32. The van der Waals surface area contributed by atoms with Crippen LogP contribution in [0.3, 0.4) is 0 Å². The summed E-state index contributed by atoms with van der Waals surface area (Å²) in [7, 11) is 0. The van der Waals surface area contributed by atoms with Gasteiger partial charge in [0.05, 0.1) is 17.4 Å². The van der Waals surface area contributed by atoms with E-state index in [0.717, 1.165) is 16.9 Å². The maximum atomic E-state index is 12.9. The minimum absolute atomic E-state index is 0.162. The average molecular weight is 330 g/mol. The summed E-state index contributed by atoms with van der Waals surface area (Å²) in [5.41, 5.74) is 6.74. The monoisotopic (exact) mass is 330 g/mol. The predicted molar refractivity (Wildman–Crippen MR) is 87.2 cm³/mol. The van der Waals surface area contributed by atoms with Crippen LogP contribution in [-0.4, -0.2) is 17.7 Å². The molecule has 0 spiro atoms. The number of primary amides is 1. The molecule has 0 aromatic carbocycles. The van der Waals surface area contributed by atoms with E-state index in [2.05, 4.69) is 12.2 Å². The van der Waals surface area contributed by atoms with Gasteiger partial charge in [-0.3, -0.25) is 14.4 Å². The van der Waals surface area contributed by atoms with E-state index in [4.69, 9.17) is 5.73 Å². The Labute approximate surface area is 138 Å². The highest BCUT2D eigenvalue weighted by Crippen LogP contribution is 2.54. The Kier molecular flexibility index (Phi) is 3.04. The minimum Gasteiger partial charge on any atom is -0.365 e. The Hall–Kier alpha value is -1.95. The number of nitrogens with two attached hydrogens (primary N) is 1. The van der Waals surface area contributed by atoms with Crippen LogP contribution in [0.4, 0.5) is 5.00 Å². The van der Waals surface area contributed by atoms with Crippen molar-refractivity contribution >= 4 is 34.1 Å². The van der Waals surface area contributed by atoms with Crippen molar-refractivity contribution in [2.24, 2.45) is 29.4 Å². The van der Waals surface area contributed by atoms with Gasteiger partial charge in [0, 0.05) is 4.88 Å². The quantitative estimate of drug-likeness (QED) is 0.680. The Morgan fingerprint density at radius 3 is 2.30 bits per heavy atom. The number of amides is 3. The molecule has 0 unspecified atom stereocenters. The second-order valence-electron chi connectivity index (χ2n) is 6.55. The number of hydrogen-bond donors (Lipinski definition) is 1. The van der Waals surface area contributed by atoms with E-state index in [1.807, 2.05) is 13.8 Å². The number of hydrogen-bond acceptors (Lipinski definition) is 4. The molecule has 1 aliphatic heterocycles. The van der Waals surface area contributed by atoms with Crippen LogP contribution >= 0.6 is 11.3 Å². The lowest BCUT2D eigenvalue weighted by atomic mass is 9.85. The van der Waals surface area contributed by atoms with E-state index in [1.165, 1.54) is 16.2 Å². The molecule has 5 nitrogen and oxygen atoms in total. The van der Waals surface area contributed by atoms with Crippen molar-refractivity contribution in [2.75, 3.05) is 4.90 Å². The topological polar surface area (TPSA) is 80.5 Å². The first-order chi connectivity index (χ1) is 11.0. The SMILES string of the molecule is CCc1c(C)sc(N2C(=O)[C@@H]3[C@H](C2=O)[C@H]2C=C[C@H]3C2)c1C(N)=O. The number of aryl methyl sites for hydroxylation is 1. The number of imide groups is 1. The number of nitrogens with zero attached hydrogens (tertiary/aromatic N) is 1. The molecule has 1 aromatic heterocycles. The molecule has 0 radical (unpaired) electrons. The van der Waals surface area contributed by atoms with E-state index < -0.39 is 5.91 Å². The zero-order valence-corrected chi connectivity index (χ0v) is 13.9. The molecule has 4 rings (SSSR count). The van der Waals surface area contributed by atoms with E-state index in [9.17, 15) is 14.4 Å². The van der Waals surface area contributed by atoms with E-state index in [0.29, 0.717) is 17.0 Å². The average Bonchev–Trinajstić information content (AvgIpc) is 3.22. The van der Waals surface area contributed by atoms with Gasteiger partial charge in [-0.1, -0.05) is 19.1 Å². The zero-order valence-electron chi connectivity index (χ0n) is 13.0. The molecular formula is C17H18N2O3S. The summed E-state index contributed by atoms with van der Waals surface area (Å²) in [5.74, 6) is -1.09. The lowest BCUT2D eigenvalue weighted by Gasteiger charge is -2.16. The number of allylic oxidation sites excluding steroid dienone is 2. The van der Waals surface area contributed by atoms with Crippen molar-refractivity contribution in [1.82, 2.24) is 0 Å². The van der Waals surface area contributed by atoms with Gasteiger partial charge in [-0.05, 0) is 37.2 Å². The molecule has 2 heterocycles. The van der Waals surface area contributed by atoms with Crippen LogP contribution in [0.2, 0.25) is 0 Å². The Balaban J connectivity index is 1.82. The highest BCUT2D eigenvalue weighted by Gasteiger charge is 2.60. The van der Waals surface area contributed by atoms with Gasteiger partial charge in [0.25, 0.3) is 5.91 Å². The Bertz CT molecular complexity index is 749. The minimum atomic E-state index is -0.569. The molecule has 1 saturated heterocycles. The normalized spacial score (nSPS) is 31.3. The third kappa shape index (κ3) is 1.75. The smallest absolute Gasteiger partial charge is 0.252 e. The Morgan fingerprint density at radius 1 is 1.26 bits per heavy atom. The molecule has 1 aromatic rings. The lowest BCUT2D eigenvalue weighted by molar-refractivity contribution is -0.123. The van der Waals surface area contributed by atoms with Gasteiger partial charge in [-0.15, -0.1) is 11.3 Å². The van der Waals surface area contributed by atoms with Gasteiger partial charge < -0.3 is 5.73 Å². The molecule has 1 saturated carbocycles. The van der Waals surface area contributed by atoms with Crippen molar-refractivity contribution < 1.29 is 14.4 Å². The molecule has 2 N–H and O–H groups in total. The molecule has 23 heavy (non-hydrogen) atoms. The van der Waals surface area contributed by atoms with Crippen LogP contribution in [0.1, 0.15) is 34.1 Å². The molecule has 2 bridgehead atoms. The highest BCUT2D eigenvalue weighted by molar-refractivity contribution is 7.17. The highest BCUT2D eigenvalue weighted by atomic mass is 32.1. The van der Waals surface area contributed by atoms with Gasteiger partial charge in [0.15, 0.2) is 0 Å². The van der Waals surface area contributed by atoms with Crippen molar-refractivity contribution in [3.05, 3.63) is 28.2 Å². The molecule has 6 heteroatoms. The fraction of sp³-hybridized carbons (Fsp3) is 0.471. The van der Waals surface area contributed by atoms with Crippen LogP contribution in [0.15, 0.2) is 12.2 Å². The predicted octanol–water partition coefficient (Wildman–Crippen LogP) is 2.03. The van der Waals surface area contributed by atoms with Gasteiger partial charge in [-0.25, -0.2) is 4.90 Å². The Morgan fingerprint density at radius 2 is 1.83 bits per heavy atom. The summed E-state index contributed by atoms with van der Waals surface area (Å²) in [6.45, 7) is 3.84. The standard InChI is InChI=1S/C17H18N2O3S/c1-3-10-7(2)23-17(13(10)14(18)20)19-15(21)11-8-4-5-9(6-8)12(11)16(19)22/h4-5,8-9,11-12H,3,6H2,1-2H3,(H2,18,20)/t8-,9-,11-,12+/m0/s1. The molecule has 2 aliphatic carbocycles. The van der Waals surface area contributed by atoms with E-state index >= 15 is 0 Å². The zero-order chi connectivity index (χ0) is 16.5. The maximum absolute atomic E-state index is 12.9. The molecule has 2 fully saturated rings. The first-order valence-electron chi connectivity index (χ1n) is 7.93. The van der Waals surface area contributed by atoms with Gasteiger partial charge in [-0.2, -0.15) is 0 Å². The second kappa shape index (κ2) is 4.77. The molecular weight excluding hydrogens is 312 g/mol. The first-order valence-corrected chi connectivity index (χ1v) is 8.75. The van der Waals surface area contributed by atoms with E-state index in [-0.39, 0.29) is 35.5 Å². The summed E-state index contributed by atoms with van der Waals surface area (Å²) in [5, 5.41) is 0.427. The van der Waals surface area contributed by atoms with Crippen LogP contribution in [0, 0.1) is 30.6 Å². The number of fused-ring (bicyclic) bond motifs is 5. The lowest BCUT2D eigenvalue weighted by Crippen LogP contribution is -2.34. The van der Waals surface area contributed by atoms with Gasteiger partial charge in [0.1, 0.15) is 5.00 Å². The third-order valence-electron chi connectivity index (χ3n) is 5.46. The molecule has 3 amide bonds. The molecule has 120 valence electrons. The summed E-state index contributed by atoms with van der Waals surface area (Å²) in [6.07, 6.45) is 5.67. The fourth-order valence-corrected chi connectivity index (χ4v) is 5.76. The first kappa shape index (κ1) is 14.6. The van der Waals surface area contributed by atoms with Crippen LogP contribution in [0.5, 0.6) is 0 Å². The van der Waals surface area contributed by atoms with Crippen LogP contribution in [-0.2, 0) is 16.0 Å². The summed E-state index contributed by atoms with van der Waals surface area (Å²) in [4.78, 5) is 39.9. The van der Waals surface area contributed by atoms with Crippen molar-refractivity contribution in [3.63, 3.8) is 0 Å². The fourth-order valence-electron chi connectivity index (χ4n) is 4.50. The molecule has 3 aliphatic rings. The van der Waals surface area contributed by atoms with Gasteiger partial charge >= 0.3 is 0 Å². The maximum Gasteiger partial charge on any atom is 0.252 e. The number of rotatable bonds is 3. The van der Waals surface area contributed by atoms with Gasteiger partial charge in [0.2, 0.25) is 11.8 Å². The van der Waals surface area contributed by atoms with Crippen LogP contribution in [0.25, 0.3) is 0 Å². The number of carbonyl (C=O) groups is 3. The second-order valence-corrected chi connectivity index (χ2v) is 7.75. The number of thiophene rings is 1. The van der Waals surface area contributed by atoms with E-state index in [1.54, 1.807) is 0 Å². The largest absolute Gasteiger partial charge is 0.365 e. The number of anilines is 1. The van der Waals surface area contributed by atoms with Crippen molar-refractivity contribution in [1.29, 1.82) is 0 Å². The van der Waals surface area contributed by atoms with Crippen molar-refractivity contribution in [2.45, 2.75) is 26.7 Å². The number of carbonyl (C=O) groups excluding carboxylic acids is 3. The van der Waals surface area contributed by atoms with Crippen LogP contribution < -0.4 is 10.6 Å². The molecule has 4 atom stereocenters. The summed E-state index contributed by atoms with van der Waals surface area (Å²) in [6, 6.07) is 0. The van der Waals surface area contributed by atoms with Crippen molar-refractivity contribution in [3.8, 4) is 0 Å². The third-order valence-corrected chi connectivity index (χ3v) is 6.60.